The van der Waals surface area contributed by atoms with Crippen LogP contribution in [-0.2, 0) is 17.6 Å². The fourth-order valence-electron chi connectivity index (χ4n) is 1.12. The highest BCUT2D eigenvalue weighted by Crippen LogP contribution is 2.18. The van der Waals surface area contributed by atoms with Crippen LogP contribution in [0.5, 0.6) is 0 Å². The van der Waals surface area contributed by atoms with Gasteiger partial charge in [-0.05, 0) is 23.6 Å². The first-order chi connectivity index (χ1) is 6.13. The van der Waals surface area contributed by atoms with Crippen molar-refractivity contribution in [1.82, 2.24) is 0 Å². The van der Waals surface area contributed by atoms with Gasteiger partial charge in [0.15, 0.2) is 0 Å². The fourth-order valence-corrected chi connectivity index (χ4v) is 1.39. The van der Waals surface area contributed by atoms with Gasteiger partial charge in [0.25, 0.3) is 0 Å². The van der Waals surface area contributed by atoms with Crippen LogP contribution in [0.25, 0.3) is 0 Å². The average Bonchev–Trinajstić information content (AvgIpc) is 2.08. The third kappa shape index (κ3) is 2.74. The summed E-state index contributed by atoms with van der Waals surface area (Å²) < 4.78 is 0. The Balaban J connectivity index is 2.91. The van der Waals surface area contributed by atoms with Gasteiger partial charge >= 0.3 is 5.97 Å². The number of carbonyl (C=O) groups is 1. The van der Waals surface area contributed by atoms with Crippen molar-refractivity contribution < 1.29 is 9.90 Å². The highest BCUT2D eigenvalue weighted by atomic mass is 35.5. The van der Waals surface area contributed by atoms with Crippen LogP contribution in [0.1, 0.15) is 18.1 Å². The molecule has 0 saturated carbocycles. The molecule has 0 spiro atoms. The lowest BCUT2D eigenvalue weighted by molar-refractivity contribution is -0.136. The maximum atomic E-state index is 10.4. The van der Waals surface area contributed by atoms with Gasteiger partial charge in [-0.25, -0.2) is 0 Å². The Morgan fingerprint density at radius 2 is 2.23 bits per heavy atom. The molecule has 0 fully saturated rings. The molecule has 1 aromatic rings. The first kappa shape index (κ1) is 10.1. The molecule has 0 radical (unpaired) electrons. The molecule has 0 atom stereocenters. The van der Waals surface area contributed by atoms with Crippen LogP contribution in [0.2, 0.25) is 5.02 Å². The molecule has 2 nitrogen and oxygen atoms in total. The summed E-state index contributed by atoms with van der Waals surface area (Å²) in [7, 11) is 0. The van der Waals surface area contributed by atoms with Crippen molar-refractivity contribution in [3.8, 4) is 0 Å². The number of rotatable bonds is 3. The predicted octanol–water partition coefficient (Wildman–Crippen LogP) is 2.53. The molecule has 0 saturated heterocycles. The van der Waals surface area contributed by atoms with Gasteiger partial charge in [-0.2, -0.15) is 0 Å². The molecule has 0 amide bonds. The second-order valence-corrected chi connectivity index (χ2v) is 3.26. The second kappa shape index (κ2) is 4.28. The third-order valence-corrected chi connectivity index (χ3v) is 2.22. The van der Waals surface area contributed by atoms with Gasteiger partial charge in [-0.15, -0.1) is 0 Å². The number of benzene rings is 1. The second-order valence-electron chi connectivity index (χ2n) is 2.85. The highest BCUT2D eigenvalue weighted by Gasteiger charge is 2.05. The van der Waals surface area contributed by atoms with Crippen LogP contribution in [0.4, 0.5) is 0 Å². The fraction of sp³-hybridized carbons (Fsp3) is 0.300. The van der Waals surface area contributed by atoms with E-state index in [4.69, 9.17) is 16.7 Å². The van der Waals surface area contributed by atoms with E-state index in [9.17, 15) is 4.79 Å². The van der Waals surface area contributed by atoms with Crippen molar-refractivity contribution in [2.24, 2.45) is 0 Å². The van der Waals surface area contributed by atoms with E-state index in [0.717, 1.165) is 12.0 Å². The molecule has 70 valence electrons. The van der Waals surface area contributed by atoms with E-state index in [1.54, 1.807) is 6.07 Å². The molecule has 0 heterocycles. The van der Waals surface area contributed by atoms with Crippen molar-refractivity contribution in [2.75, 3.05) is 0 Å². The first-order valence-electron chi connectivity index (χ1n) is 4.12. The lowest BCUT2D eigenvalue weighted by atomic mass is 10.1. The Hall–Kier alpha value is -1.02. The summed E-state index contributed by atoms with van der Waals surface area (Å²) in [5, 5.41) is 9.10. The molecular formula is C10H11ClO2. The monoisotopic (exact) mass is 198 g/mol. The summed E-state index contributed by atoms with van der Waals surface area (Å²) in [6.45, 7) is 2.03. The zero-order chi connectivity index (χ0) is 9.84. The van der Waals surface area contributed by atoms with Gasteiger partial charge in [0.2, 0.25) is 0 Å². The Morgan fingerprint density at radius 1 is 1.54 bits per heavy atom. The number of carboxylic acid groups (broad SMARTS) is 1. The molecule has 13 heavy (non-hydrogen) atoms. The van der Waals surface area contributed by atoms with Crippen LogP contribution in [0.15, 0.2) is 18.2 Å². The highest BCUT2D eigenvalue weighted by molar-refractivity contribution is 6.31. The maximum absolute atomic E-state index is 10.4. The third-order valence-electron chi connectivity index (χ3n) is 1.87. The van der Waals surface area contributed by atoms with E-state index >= 15 is 0 Å². The Morgan fingerprint density at radius 3 is 2.69 bits per heavy atom. The van der Waals surface area contributed by atoms with Gasteiger partial charge in [0.05, 0.1) is 6.42 Å². The topological polar surface area (TPSA) is 37.3 Å². The van der Waals surface area contributed by atoms with Crippen molar-refractivity contribution >= 4 is 17.6 Å². The van der Waals surface area contributed by atoms with E-state index in [-0.39, 0.29) is 6.42 Å². The molecule has 1 aromatic carbocycles. The number of halogens is 1. The summed E-state index contributed by atoms with van der Waals surface area (Å²) in [5.41, 5.74) is 1.80. The molecule has 0 aliphatic rings. The molecule has 3 heteroatoms. The maximum Gasteiger partial charge on any atom is 0.307 e. The van der Waals surface area contributed by atoms with E-state index in [1.165, 1.54) is 0 Å². The van der Waals surface area contributed by atoms with Crippen molar-refractivity contribution in [2.45, 2.75) is 19.8 Å². The lowest BCUT2D eigenvalue weighted by Crippen LogP contribution is -2.00. The van der Waals surface area contributed by atoms with Crippen LogP contribution < -0.4 is 0 Å². The predicted molar refractivity (Wildman–Crippen MR) is 52.2 cm³/mol. The minimum absolute atomic E-state index is 0.0111. The molecule has 0 aromatic heterocycles. The van der Waals surface area contributed by atoms with Gasteiger partial charge in [-0.3, -0.25) is 4.79 Å². The molecule has 0 bridgehead atoms. The normalized spacial score (nSPS) is 10.0. The largest absolute Gasteiger partial charge is 0.481 e. The minimum Gasteiger partial charge on any atom is -0.481 e. The molecule has 1 N–H and O–H groups in total. The summed E-state index contributed by atoms with van der Waals surface area (Å²) in [6.07, 6.45) is 0.899. The van der Waals surface area contributed by atoms with Crippen molar-refractivity contribution in [3.05, 3.63) is 34.3 Å². The summed E-state index contributed by atoms with van der Waals surface area (Å²) in [5.74, 6) is -0.855. The summed E-state index contributed by atoms with van der Waals surface area (Å²) in [4.78, 5) is 10.4. The Bertz CT molecular complexity index is 321. The van der Waals surface area contributed by atoms with Crippen LogP contribution in [-0.4, -0.2) is 11.1 Å². The van der Waals surface area contributed by atoms with Gasteiger partial charge in [0.1, 0.15) is 0 Å². The number of aryl methyl sites for hydroxylation is 1. The lowest BCUT2D eigenvalue weighted by Gasteiger charge is -2.02. The molecule has 0 aliphatic heterocycles. The Labute approximate surface area is 82.2 Å². The van der Waals surface area contributed by atoms with E-state index in [2.05, 4.69) is 0 Å². The zero-order valence-electron chi connectivity index (χ0n) is 7.38. The quantitative estimate of drug-likeness (QED) is 0.811. The number of hydrogen-bond donors (Lipinski definition) is 1. The molecular weight excluding hydrogens is 188 g/mol. The number of aliphatic carboxylic acids is 1. The molecule has 0 aliphatic carbocycles. The number of carboxylic acids is 1. The van der Waals surface area contributed by atoms with Gasteiger partial charge in [0, 0.05) is 5.02 Å². The smallest absolute Gasteiger partial charge is 0.307 e. The van der Waals surface area contributed by atoms with E-state index < -0.39 is 5.97 Å². The summed E-state index contributed by atoms with van der Waals surface area (Å²) >= 11 is 5.89. The number of hydrogen-bond acceptors (Lipinski definition) is 1. The van der Waals surface area contributed by atoms with Crippen LogP contribution in [0, 0.1) is 0 Å². The van der Waals surface area contributed by atoms with Crippen LogP contribution >= 0.6 is 11.6 Å². The van der Waals surface area contributed by atoms with E-state index in [1.807, 2.05) is 19.1 Å². The van der Waals surface area contributed by atoms with Crippen molar-refractivity contribution in [1.29, 1.82) is 0 Å². The summed E-state index contributed by atoms with van der Waals surface area (Å²) in [6, 6.07) is 5.50. The van der Waals surface area contributed by atoms with E-state index in [0.29, 0.717) is 10.6 Å². The molecule has 1 rings (SSSR count). The van der Waals surface area contributed by atoms with Gasteiger partial charge in [-0.1, -0.05) is 30.7 Å². The Kier molecular flexibility index (Phi) is 3.32. The standard InChI is InChI=1S/C10H11ClO2/c1-2-7-3-4-8(6-10(12)13)9(11)5-7/h3-5H,2,6H2,1H3,(H,12,13). The first-order valence-corrected chi connectivity index (χ1v) is 4.50. The van der Waals surface area contributed by atoms with Crippen molar-refractivity contribution in [3.63, 3.8) is 0 Å². The zero-order valence-corrected chi connectivity index (χ0v) is 8.14. The SMILES string of the molecule is CCc1ccc(CC(=O)O)c(Cl)c1. The van der Waals surface area contributed by atoms with Gasteiger partial charge < -0.3 is 5.11 Å². The minimum atomic E-state index is -0.855. The van der Waals surface area contributed by atoms with Crippen LogP contribution in [0.3, 0.4) is 0 Å². The average molecular weight is 199 g/mol. The molecule has 0 unspecified atom stereocenters.